The number of para-hydroxylation sites is 2. The molecule has 5 heteroatoms. The fourth-order valence-corrected chi connectivity index (χ4v) is 2.15. The molecule has 108 valence electrons. The number of ether oxygens (including phenoxy) is 1. The summed E-state index contributed by atoms with van der Waals surface area (Å²) in [7, 11) is 1.56. The van der Waals surface area contributed by atoms with Crippen molar-refractivity contribution in [3.8, 4) is 5.75 Å². The van der Waals surface area contributed by atoms with Gasteiger partial charge in [-0.25, -0.2) is 4.79 Å². The Bertz CT molecular complexity index is 656. The SMILES string of the molecule is COc1ccccc1NC(=O)N/C=C/c1cccc(Br)c1. The number of rotatable bonds is 4. The van der Waals surface area contributed by atoms with Gasteiger partial charge in [0.15, 0.2) is 0 Å². The molecule has 0 bridgehead atoms. The summed E-state index contributed by atoms with van der Waals surface area (Å²) in [5.41, 5.74) is 1.61. The van der Waals surface area contributed by atoms with E-state index in [0.29, 0.717) is 11.4 Å². The Morgan fingerprint density at radius 1 is 1.19 bits per heavy atom. The summed E-state index contributed by atoms with van der Waals surface area (Å²) in [4.78, 5) is 11.8. The van der Waals surface area contributed by atoms with Crippen LogP contribution in [0.15, 0.2) is 59.2 Å². The molecule has 0 atom stereocenters. The molecule has 2 aromatic rings. The lowest BCUT2D eigenvalue weighted by Crippen LogP contribution is -2.23. The van der Waals surface area contributed by atoms with Crippen LogP contribution >= 0.6 is 15.9 Å². The second-order valence-electron chi connectivity index (χ2n) is 4.19. The summed E-state index contributed by atoms with van der Waals surface area (Å²) < 4.78 is 6.16. The maximum Gasteiger partial charge on any atom is 0.323 e. The van der Waals surface area contributed by atoms with Gasteiger partial charge >= 0.3 is 6.03 Å². The number of hydrogen-bond donors (Lipinski definition) is 2. The van der Waals surface area contributed by atoms with Gasteiger partial charge in [-0.15, -0.1) is 0 Å². The highest BCUT2D eigenvalue weighted by Crippen LogP contribution is 2.22. The van der Waals surface area contributed by atoms with E-state index in [-0.39, 0.29) is 6.03 Å². The normalized spacial score (nSPS) is 10.4. The van der Waals surface area contributed by atoms with Gasteiger partial charge in [0.2, 0.25) is 0 Å². The summed E-state index contributed by atoms with van der Waals surface area (Å²) in [6.45, 7) is 0. The molecule has 0 aliphatic carbocycles. The first-order chi connectivity index (χ1) is 10.2. The monoisotopic (exact) mass is 346 g/mol. The molecule has 2 rings (SSSR count). The molecule has 0 saturated carbocycles. The van der Waals surface area contributed by atoms with Gasteiger partial charge in [-0.05, 0) is 35.9 Å². The van der Waals surface area contributed by atoms with E-state index in [0.717, 1.165) is 10.0 Å². The number of hydrogen-bond acceptors (Lipinski definition) is 2. The van der Waals surface area contributed by atoms with E-state index in [9.17, 15) is 4.79 Å². The number of benzene rings is 2. The third kappa shape index (κ3) is 4.65. The molecule has 2 N–H and O–H groups in total. The van der Waals surface area contributed by atoms with Gasteiger partial charge < -0.3 is 15.4 Å². The molecule has 2 aromatic carbocycles. The fraction of sp³-hybridized carbons (Fsp3) is 0.0625. The van der Waals surface area contributed by atoms with Gasteiger partial charge in [-0.2, -0.15) is 0 Å². The van der Waals surface area contributed by atoms with Crippen LogP contribution in [0.25, 0.3) is 6.08 Å². The van der Waals surface area contributed by atoms with Crippen molar-refractivity contribution in [3.63, 3.8) is 0 Å². The van der Waals surface area contributed by atoms with Gasteiger partial charge in [0.25, 0.3) is 0 Å². The number of amides is 2. The lowest BCUT2D eigenvalue weighted by molar-refractivity contribution is 0.255. The van der Waals surface area contributed by atoms with Gasteiger partial charge in [-0.1, -0.05) is 40.2 Å². The highest BCUT2D eigenvalue weighted by atomic mass is 79.9. The van der Waals surface area contributed by atoms with E-state index in [4.69, 9.17) is 4.74 Å². The average molecular weight is 347 g/mol. The highest BCUT2D eigenvalue weighted by molar-refractivity contribution is 9.10. The quantitative estimate of drug-likeness (QED) is 0.869. The van der Waals surface area contributed by atoms with Crippen molar-refractivity contribution in [2.75, 3.05) is 12.4 Å². The van der Waals surface area contributed by atoms with Crippen molar-refractivity contribution < 1.29 is 9.53 Å². The van der Waals surface area contributed by atoms with E-state index in [1.54, 1.807) is 25.4 Å². The molecule has 0 fully saturated rings. The summed E-state index contributed by atoms with van der Waals surface area (Å²) in [6, 6.07) is 14.7. The third-order valence-corrected chi connectivity index (χ3v) is 3.19. The van der Waals surface area contributed by atoms with Crippen molar-refractivity contribution in [1.29, 1.82) is 0 Å². The van der Waals surface area contributed by atoms with Crippen molar-refractivity contribution in [1.82, 2.24) is 5.32 Å². The minimum absolute atomic E-state index is 0.328. The molecule has 4 nitrogen and oxygen atoms in total. The van der Waals surface area contributed by atoms with E-state index < -0.39 is 0 Å². The molecular weight excluding hydrogens is 332 g/mol. The number of carbonyl (C=O) groups excluding carboxylic acids is 1. The number of urea groups is 1. The largest absolute Gasteiger partial charge is 0.495 e. The molecule has 21 heavy (non-hydrogen) atoms. The van der Waals surface area contributed by atoms with Gasteiger partial charge in [0.05, 0.1) is 12.8 Å². The number of carbonyl (C=O) groups is 1. The summed E-state index contributed by atoms with van der Waals surface area (Å²) in [6.07, 6.45) is 3.40. The number of anilines is 1. The molecule has 0 heterocycles. The standard InChI is InChI=1S/C16H15BrN2O2/c1-21-15-8-3-2-7-14(15)19-16(20)18-10-9-12-5-4-6-13(17)11-12/h2-11H,1H3,(H2,18,19,20)/b10-9+. The first kappa shape index (κ1) is 15.1. The Balaban J connectivity index is 1.93. The van der Waals surface area contributed by atoms with E-state index in [2.05, 4.69) is 26.6 Å². The molecule has 0 aliphatic heterocycles. The highest BCUT2D eigenvalue weighted by Gasteiger charge is 2.04. The lowest BCUT2D eigenvalue weighted by atomic mass is 10.2. The third-order valence-electron chi connectivity index (χ3n) is 2.69. The first-order valence-electron chi connectivity index (χ1n) is 6.31. The lowest BCUT2D eigenvalue weighted by Gasteiger charge is -2.09. The molecular formula is C16H15BrN2O2. The van der Waals surface area contributed by atoms with Crippen LogP contribution in [0.2, 0.25) is 0 Å². The zero-order valence-electron chi connectivity index (χ0n) is 11.5. The van der Waals surface area contributed by atoms with Crippen LogP contribution in [0.1, 0.15) is 5.56 Å². The smallest absolute Gasteiger partial charge is 0.323 e. The van der Waals surface area contributed by atoms with Crippen molar-refractivity contribution in [2.24, 2.45) is 0 Å². The van der Waals surface area contributed by atoms with Crippen molar-refractivity contribution in [3.05, 3.63) is 64.8 Å². The van der Waals surface area contributed by atoms with Crippen LogP contribution in [-0.2, 0) is 0 Å². The second-order valence-corrected chi connectivity index (χ2v) is 5.10. The zero-order valence-corrected chi connectivity index (χ0v) is 13.1. The first-order valence-corrected chi connectivity index (χ1v) is 7.11. The van der Waals surface area contributed by atoms with Crippen LogP contribution in [0, 0.1) is 0 Å². The molecule has 0 aliphatic rings. The summed E-state index contributed by atoms with van der Waals surface area (Å²) in [5, 5.41) is 5.37. The maximum absolute atomic E-state index is 11.8. The van der Waals surface area contributed by atoms with Gasteiger partial charge in [-0.3, -0.25) is 0 Å². The number of halogens is 1. The number of methoxy groups -OCH3 is 1. The minimum atomic E-state index is -0.328. The fourth-order valence-electron chi connectivity index (χ4n) is 1.73. The average Bonchev–Trinajstić information content (AvgIpc) is 2.48. The number of nitrogens with one attached hydrogen (secondary N) is 2. The predicted octanol–water partition coefficient (Wildman–Crippen LogP) is 4.25. The minimum Gasteiger partial charge on any atom is -0.495 e. The molecule has 0 spiro atoms. The summed E-state index contributed by atoms with van der Waals surface area (Å²) >= 11 is 3.40. The predicted molar refractivity (Wildman–Crippen MR) is 88.3 cm³/mol. The van der Waals surface area contributed by atoms with E-state index >= 15 is 0 Å². The second kappa shape index (κ2) is 7.50. The van der Waals surface area contributed by atoms with E-state index in [1.165, 1.54) is 0 Å². The molecule has 2 amide bonds. The van der Waals surface area contributed by atoms with Crippen molar-refractivity contribution >= 4 is 33.7 Å². The summed E-state index contributed by atoms with van der Waals surface area (Å²) in [5.74, 6) is 0.614. The molecule has 0 aromatic heterocycles. The van der Waals surface area contributed by atoms with Crippen LogP contribution in [0.3, 0.4) is 0 Å². The Morgan fingerprint density at radius 3 is 2.76 bits per heavy atom. The molecule has 0 unspecified atom stereocenters. The van der Waals surface area contributed by atoms with E-state index in [1.807, 2.05) is 42.5 Å². The van der Waals surface area contributed by atoms with Crippen LogP contribution in [0.5, 0.6) is 5.75 Å². The Morgan fingerprint density at radius 2 is 2.00 bits per heavy atom. The maximum atomic E-state index is 11.8. The van der Waals surface area contributed by atoms with Crippen molar-refractivity contribution in [2.45, 2.75) is 0 Å². The van der Waals surface area contributed by atoms with Crippen LogP contribution < -0.4 is 15.4 Å². The van der Waals surface area contributed by atoms with Gasteiger partial charge in [0, 0.05) is 10.7 Å². The Labute approximate surface area is 132 Å². The molecule has 0 radical (unpaired) electrons. The van der Waals surface area contributed by atoms with Gasteiger partial charge in [0.1, 0.15) is 5.75 Å². The zero-order chi connectivity index (χ0) is 15.1. The Hall–Kier alpha value is -2.27. The van der Waals surface area contributed by atoms with Crippen LogP contribution in [0.4, 0.5) is 10.5 Å². The topological polar surface area (TPSA) is 50.4 Å². The molecule has 0 saturated heterocycles. The van der Waals surface area contributed by atoms with Crippen LogP contribution in [-0.4, -0.2) is 13.1 Å². The Kier molecular flexibility index (Phi) is 5.40.